The van der Waals surface area contributed by atoms with Gasteiger partial charge in [-0.2, -0.15) is 5.26 Å². The normalized spacial score (nSPS) is 16.3. The van der Waals surface area contributed by atoms with Gasteiger partial charge in [-0.25, -0.2) is 0 Å². The summed E-state index contributed by atoms with van der Waals surface area (Å²) in [7, 11) is 0. The molecule has 0 spiro atoms. The van der Waals surface area contributed by atoms with Crippen molar-refractivity contribution in [2.45, 2.75) is 19.8 Å². The number of nitriles is 1. The van der Waals surface area contributed by atoms with Crippen LogP contribution in [0.3, 0.4) is 0 Å². The number of rotatable bonds is 6. The topological polar surface area (TPSA) is 70.0 Å². The largest absolute Gasteiger partial charge is 0.353 e. The van der Waals surface area contributed by atoms with Crippen molar-refractivity contribution in [3.63, 3.8) is 0 Å². The molecular formula is C23H19BrN2O2S. The van der Waals surface area contributed by atoms with Gasteiger partial charge in [-0.15, -0.1) is 0 Å². The summed E-state index contributed by atoms with van der Waals surface area (Å²) in [6, 6.07) is 18.9. The van der Waals surface area contributed by atoms with Crippen LogP contribution in [0.15, 0.2) is 80.9 Å². The third kappa shape index (κ3) is 4.69. The molecule has 1 atom stereocenters. The van der Waals surface area contributed by atoms with Crippen LogP contribution in [0.25, 0.3) is 0 Å². The van der Waals surface area contributed by atoms with Gasteiger partial charge in [0.15, 0.2) is 11.6 Å². The molecule has 29 heavy (non-hydrogen) atoms. The van der Waals surface area contributed by atoms with Crippen molar-refractivity contribution >= 4 is 39.3 Å². The number of dihydropyridines is 1. The molecule has 6 heteroatoms. The van der Waals surface area contributed by atoms with Gasteiger partial charge in [0.25, 0.3) is 0 Å². The van der Waals surface area contributed by atoms with Gasteiger partial charge < -0.3 is 5.32 Å². The summed E-state index contributed by atoms with van der Waals surface area (Å²) in [5.41, 5.74) is 3.23. The van der Waals surface area contributed by atoms with Gasteiger partial charge >= 0.3 is 0 Å². The number of carbonyl (C=O) groups is 2. The van der Waals surface area contributed by atoms with Crippen LogP contribution >= 0.6 is 27.7 Å². The van der Waals surface area contributed by atoms with Gasteiger partial charge in [-0.1, -0.05) is 70.2 Å². The predicted octanol–water partition coefficient (Wildman–Crippen LogP) is 5.35. The summed E-state index contributed by atoms with van der Waals surface area (Å²) in [6.07, 6.45) is 0. The number of ketones is 2. The van der Waals surface area contributed by atoms with Gasteiger partial charge in [0, 0.05) is 21.3 Å². The molecular weight excluding hydrogens is 448 g/mol. The molecule has 0 aromatic heterocycles. The van der Waals surface area contributed by atoms with E-state index in [1.807, 2.05) is 49.4 Å². The standard InChI is InChI=1S/C23H19BrN2O2S/c1-14-21(15(2)27)22(17-8-10-18(24)11-9-17)19(12-25)23(26-14)29-13-20(28)16-6-4-3-5-7-16/h3-11,22,26H,13H2,1-2H3/t22-/m0/s1. The number of thioether (sulfide) groups is 1. The lowest BCUT2D eigenvalue weighted by Crippen LogP contribution is -2.27. The number of halogens is 1. The molecule has 1 heterocycles. The molecule has 4 nitrogen and oxygen atoms in total. The zero-order chi connectivity index (χ0) is 21.0. The average molecular weight is 467 g/mol. The Morgan fingerprint density at radius 1 is 1.14 bits per heavy atom. The van der Waals surface area contributed by atoms with Crippen LogP contribution < -0.4 is 5.32 Å². The van der Waals surface area contributed by atoms with Gasteiger partial charge in [0.1, 0.15) is 0 Å². The molecule has 146 valence electrons. The first kappa shape index (κ1) is 21.1. The maximum Gasteiger partial charge on any atom is 0.173 e. The molecule has 1 N–H and O–H groups in total. The fourth-order valence-electron chi connectivity index (χ4n) is 3.33. The van der Waals surface area contributed by atoms with Crippen LogP contribution in [-0.4, -0.2) is 17.3 Å². The van der Waals surface area contributed by atoms with E-state index in [0.29, 0.717) is 27.4 Å². The summed E-state index contributed by atoms with van der Waals surface area (Å²) in [4.78, 5) is 24.9. The van der Waals surface area contributed by atoms with Gasteiger partial charge in [0.2, 0.25) is 0 Å². The van der Waals surface area contributed by atoms with Crippen LogP contribution in [-0.2, 0) is 4.79 Å². The molecule has 2 aromatic carbocycles. The molecule has 0 amide bonds. The Morgan fingerprint density at radius 2 is 1.79 bits per heavy atom. The van der Waals surface area contributed by atoms with E-state index in [1.54, 1.807) is 12.1 Å². The number of Topliss-reactive ketones (excluding diaryl/α,β-unsaturated/α-hetero) is 2. The summed E-state index contributed by atoms with van der Waals surface area (Å²) < 4.78 is 0.922. The number of hydrogen-bond donors (Lipinski definition) is 1. The maximum atomic E-state index is 12.5. The Bertz CT molecular complexity index is 1050. The van der Waals surface area contributed by atoms with E-state index in [9.17, 15) is 14.9 Å². The van der Waals surface area contributed by atoms with Crippen LogP contribution in [0.2, 0.25) is 0 Å². The van der Waals surface area contributed by atoms with Crippen LogP contribution in [0.1, 0.15) is 35.7 Å². The number of hydrogen-bond acceptors (Lipinski definition) is 5. The number of nitrogens with zero attached hydrogens (tertiary/aromatic N) is 1. The molecule has 1 aliphatic heterocycles. The molecule has 0 fully saturated rings. The quantitative estimate of drug-likeness (QED) is 0.580. The summed E-state index contributed by atoms with van der Waals surface area (Å²) in [5, 5.41) is 13.7. The van der Waals surface area contributed by atoms with E-state index in [-0.39, 0.29) is 17.3 Å². The monoisotopic (exact) mass is 466 g/mol. The first-order chi connectivity index (χ1) is 13.9. The minimum Gasteiger partial charge on any atom is -0.353 e. The maximum absolute atomic E-state index is 12.5. The van der Waals surface area contributed by atoms with Crippen LogP contribution in [0, 0.1) is 11.3 Å². The van der Waals surface area contributed by atoms with Crippen molar-refractivity contribution in [1.82, 2.24) is 5.32 Å². The first-order valence-corrected chi connectivity index (χ1v) is 10.8. The van der Waals surface area contributed by atoms with Gasteiger partial charge in [-0.3, -0.25) is 9.59 Å². The highest BCUT2D eigenvalue weighted by Crippen LogP contribution is 2.41. The van der Waals surface area contributed by atoms with E-state index in [0.717, 1.165) is 10.0 Å². The lowest BCUT2D eigenvalue weighted by Gasteiger charge is -2.29. The van der Waals surface area contributed by atoms with E-state index < -0.39 is 5.92 Å². The molecule has 0 saturated heterocycles. The van der Waals surface area contributed by atoms with Gasteiger partial charge in [-0.05, 0) is 31.5 Å². The highest BCUT2D eigenvalue weighted by atomic mass is 79.9. The smallest absolute Gasteiger partial charge is 0.173 e. The summed E-state index contributed by atoms with van der Waals surface area (Å²) in [6.45, 7) is 3.34. The fourth-order valence-corrected chi connectivity index (χ4v) is 4.58. The van der Waals surface area contributed by atoms with Crippen LogP contribution in [0.4, 0.5) is 0 Å². The number of allylic oxidation sites excluding steroid dienone is 3. The molecule has 0 bridgehead atoms. The Labute approximate surface area is 182 Å². The van der Waals surface area contributed by atoms with Crippen molar-refractivity contribution in [2.24, 2.45) is 0 Å². The minimum absolute atomic E-state index is 0.0126. The highest BCUT2D eigenvalue weighted by molar-refractivity contribution is 9.10. The lowest BCUT2D eigenvalue weighted by molar-refractivity contribution is -0.113. The third-order valence-corrected chi connectivity index (χ3v) is 6.22. The minimum atomic E-state index is -0.457. The summed E-state index contributed by atoms with van der Waals surface area (Å²) >= 11 is 4.72. The first-order valence-electron chi connectivity index (χ1n) is 9.02. The zero-order valence-corrected chi connectivity index (χ0v) is 18.4. The Balaban J connectivity index is 1.96. The SMILES string of the molecule is CC(=O)C1=C(C)NC(SCC(=O)c2ccccc2)=C(C#N)[C@@H]1c1ccc(Br)cc1. The number of carbonyl (C=O) groups excluding carboxylic acids is 2. The third-order valence-electron chi connectivity index (χ3n) is 4.67. The fraction of sp³-hybridized carbons (Fsp3) is 0.174. The second-order valence-electron chi connectivity index (χ2n) is 6.64. The molecule has 0 aliphatic carbocycles. The second kappa shape index (κ2) is 9.25. The molecule has 2 aromatic rings. The number of benzene rings is 2. The molecule has 0 unspecified atom stereocenters. The van der Waals surface area contributed by atoms with E-state index in [4.69, 9.17) is 0 Å². The van der Waals surface area contributed by atoms with Crippen molar-refractivity contribution in [3.8, 4) is 6.07 Å². The Hall–Kier alpha value is -2.62. The second-order valence-corrected chi connectivity index (χ2v) is 8.54. The van der Waals surface area contributed by atoms with Crippen LogP contribution in [0.5, 0.6) is 0 Å². The van der Waals surface area contributed by atoms with E-state index in [2.05, 4.69) is 27.3 Å². The van der Waals surface area contributed by atoms with Gasteiger partial charge in [0.05, 0.1) is 28.3 Å². The van der Waals surface area contributed by atoms with Crippen molar-refractivity contribution in [2.75, 3.05) is 5.75 Å². The van der Waals surface area contributed by atoms with Crippen molar-refractivity contribution in [1.29, 1.82) is 5.26 Å². The van der Waals surface area contributed by atoms with E-state index >= 15 is 0 Å². The zero-order valence-electron chi connectivity index (χ0n) is 16.0. The summed E-state index contributed by atoms with van der Waals surface area (Å²) in [5.74, 6) is -0.351. The van der Waals surface area contributed by atoms with Crippen molar-refractivity contribution in [3.05, 3.63) is 92.1 Å². The highest BCUT2D eigenvalue weighted by Gasteiger charge is 2.33. The molecule has 0 saturated carbocycles. The predicted molar refractivity (Wildman–Crippen MR) is 119 cm³/mol. The Morgan fingerprint density at radius 3 is 2.38 bits per heavy atom. The average Bonchev–Trinajstić information content (AvgIpc) is 2.72. The molecule has 3 rings (SSSR count). The van der Waals surface area contributed by atoms with Crippen molar-refractivity contribution < 1.29 is 9.59 Å². The number of nitrogens with one attached hydrogen (secondary N) is 1. The molecule has 1 aliphatic rings. The Kier molecular flexibility index (Phi) is 6.73. The van der Waals surface area contributed by atoms with E-state index in [1.165, 1.54) is 18.7 Å². The lowest BCUT2D eigenvalue weighted by atomic mass is 9.81. The molecule has 0 radical (unpaired) electrons.